The van der Waals surface area contributed by atoms with E-state index in [1.807, 2.05) is 18.3 Å². The van der Waals surface area contributed by atoms with Gasteiger partial charge in [0.2, 0.25) is 0 Å². The number of primary amides is 1. The van der Waals surface area contributed by atoms with Crippen LogP contribution in [0.5, 0.6) is 0 Å². The number of nitrogens with zero attached hydrogens (tertiary/aromatic N) is 4. The van der Waals surface area contributed by atoms with Gasteiger partial charge >= 0.3 is 0 Å². The van der Waals surface area contributed by atoms with Gasteiger partial charge in [-0.2, -0.15) is 0 Å². The summed E-state index contributed by atoms with van der Waals surface area (Å²) >= 11 is 0. The highest BCUT2D eigenvalue weighted by molar-refractivity contribution is 6.04. The van der Waals surface area contributed by atoms with Crippen LogP contribution >= 0.6 is 0 Å². The number of hydrogen-bond acceptors (Lipinski definition) is 5. The number of fused-ring (bicyclic) bond motifs is 1. The predicted octanol–water partition coefficient (Wildman–Crippen LogP) is 2.47. The van der Waals surface area contributed by atoms with Crippen molar-refractivity contribution in [3.8, 4) is 5.82 Å². The normalized spacial score (nSPS) is 19.9. The molecule has 1 fully saturated rings. The van der Waals surface area contributed by atoms with Gasteiger partial charge in [-0.05, 0) is 37.8 Å². The Bertz CT molecular complexity index is 942. The molecule has 1 aliphatic rings. The minimum atomic E-state index is -0.525. The molecule has 3 heterocycles. The van der Waals surface area contributed by atoms with Crippen LogP contribution in [0.3, 0.4) is 0 Å². The molecule has 0 bridgehead atoms. The van der Waals surface area contributed by atoms with Gasteiger partial charge in [0.25, 0.3) is 5.91 Å². The second-order valence-electron chi connectivity index (χ2n) is 7.12. The first-order valence-corrected chi connectivity index (χ1v) is 9.57. The Labute approximate surface area is 163 Å². The van der Waals surface area contributed by atoms with E-state index >= 15 is 0 Å². The van der Waals surface area contributed by atoms with Crippen molar-refractivity contribution in [3.63, 3.8) is 0 Å². The number of amides is 1. The SMILES string of the molecule is COCCOC1CCC(n2ccc3cc(-n4ccnc4)nc(C(N)=O)c32)CC1. The highest BCUT2D eigenvalue weighted by Crippen LogP contribution is 2.34. The summed E-state index contributed by atoms with van der Waals surface area (Å²) in [5.41, 5.74) is 6.78. The van der Waals surface area contributed by atoms with Crippen LogP contribution in [0.4, 0.5) is 0 Å². The molecule has 1 saturated carbocycles. The number of carbonyl (C=O) groups is 1. The average molecular weight is 383 g/mol. The van der Waals surface area contributed by atoms with Gasteiger partial charge in [-0.25, -0.2) is 9.97 Å². The molecule has 3 aromatic rings. The van der Waals surface area contributed by atoms with Gasteiger partial charge < -0.3 is 19.8 Å². The summed E-state index contributed by atoms with van der Waals surface area (Å²) in [5, 5.41) is 0.950. The smallest absolute Gasteiger partial charge is 0.269 e. The number of rotatable bonds is 7. The first kappa shape index (κ1) is 18.6. The summed E-state index contributed by atoms with van der Waals surface area (Å²) in [6, 6.07) is 4.28. The van der Waals surface area contributed by atoms with Gasteiger partial charge in [0.05, 0.1) is 24.8 Å². The van der Waals surface area contributed by atoms with Gasteiger partial charge in [-0.1, -0.05) is 0 Å². The van der Waals surface area contributed by atoms with E-state index in [0.717, 1.165) is 36.6 Å². The molecule has 1 amide bonds. The first-order valence-electron chi connectivity index (χ1n) is 9.57. The highest BCUT2D eigenvalue weighted by Gasteiger charge is 2.25. The van der Waals surface area contributed by atoms with Crippen LogP contribution in [0.1, 0.15) is 42.2 Å². The largest absolute Gasteiger partial charge is 0.382 e. The van der Waals surface area contributed by atoms with E-state index in [0.29, 0.717) is 30.8 Å². The number of ether oxygens (including phenoxy) is 2. The molecule has 0 aromatic carbocycles. The molecular formula is C20H25N5O3. The van der Waals surface area contributed by atoms with E-state index in [1.54, 1.807) is 30.4 Å². The van der Waals surface area contributed by atoms with Gasteiger partial charge in [-0.15, -0.1) is 0 Å². The Morgan fingerprint density at radius 2 is 2.07 bits per heavy atom. The third-order valence-electron chi connectivity index (χ3n) is 5.36. The molecule has 0 aliphatic heterocycles. The van der Waals surface area contributed by atoms with Crippen molar-refractivity contribution in [2.24, 2.45) is 5.73 Å². The van der Waals surface area contributed by atoms with E-state index in [4.69, 9.17) is 15.2 Å². The lowest BCUT2D eigenvalue weighted by Gasteiger charge is -2.30. The summed E-state index contributed by atoms with van der Waals surface area (Å²) in [4.78, 5) is 20.7. The van der Waals surface area contributed by atoms with Crippen LogP contribution in [-0.4, -0.2) is 51.4 Å². The van der Waals surface area contributed by atoms with Crippen molar-refractivity contribution in [2.45, 2.75) is 37.8 Å². The van der Waals surface area contributed by atoms with Crippen molar-refractivity contribution < 1.29 is 14.3 Å². The summed E-state index contributed by atoms with van der Waals surface area (Å²) in [5.74, 6) is 0.107. The Balaban J connectivity index is 1.60. The van der Waals surface area contributed by atoms with Gasteiger partial charge in [0, 0.05) is 37.1 Å². The fraction of sp³-hybridized carbons (Fsp3) is 0.450. The zero-order valence-electron chi connectivity index (χ0n) is 16.0. The standard InChI is InChI=1S/C20H25N5O3/c1-27-10-11-28-16-4-2-15(3-5-16)25-8-6-14-12-17(24-9-7-22-13-24)23-18(19(14)25)20(21)26/h6-9,12-13,15-16H,2-5,10-11H2,1H3,(H2,21,26). The molecule has 0 radical (unpaired) electrons. The highest BCUT2D eigenvalue weighted by atomic mass is 16.5. The number of pyridine rings is 1. The van der Waals surface area contributed by atoms with E-state index < -0.39 is 5.91 Å². The van der Waals surface area contributed by atoms with Crippen molar-refractivity contribution >= 4 is 16.8 Å². The predicted molar refractivity (Wildman–Crippen MR) is 104 cm³/mol. The molecule has 8 nitrogen and oxygen atoms in total. The molecule has 28 heavy (non-hydrogen) atoms. The molecule has 8 heteroatoms. The molecule has 0 saturated heterocycles. The summed E-state index contributed by atoms with van der Waals surface area (Å²) in [7, 11) is 1.68. The van der Waals surface area contributed by atoms with Gasteiger partial charge in [0.1, 0.15) is 12.1 Å². The Kier molecular flexibility index (Phi) is 5.40. The number of carbonyl (C=O) groups excluding carboxylic acids is 1. The van der Waals surface area contributed by atoms with Crippen LogP contribution in [-0.2, 0) is 9.47 Å². The molecule has 3 aromatic heterocycles. The minimum Gasteiger partial charge on any atom is -0.382 e. The molecule has 0 spiro atoms. The number of aromatic nitrogens is 4. The summed E-state index contributed by atoms with van der Waals surface area (Å²) in [6.07, 6.45) is 11.4. The maximum atomic E-state index is 12.2. The average Bonchev–Trinajstić information content (AvgIpc) is 3.38. The van der Waals surface area contributed by atoms with Gasteiger partial charge in [0.15, 0.2) is 5.69 Å². The number of imidazole rings is 1. The zero-order valence-corrected chi connectivity index (χ0v) is 16.0. The van der Waals surface area contributed by atoms with Crippen LogP contribution in [0.15, 0.2) is 37.1 Å². The fourth-order valence-electron chi connectivity index (χ4n) is 3.97. The minimum absolute atomic E-state index is 0.273. The Morgan fingerprint density at radius 1 is 1.25 bits per heavy atom. The van der Waals surface area contributed by atoms with Crippen molar-refractivity contribution in [2.75, 3.05) is 20.3 Å². The maximum Gasteiger partial charge on any atom is 0.269 e. The Morgan fingerprint density at radius 3 is 2.75 bits per heavy atom. The van der Waals surface area contributed by atoms with Crippen LogP contribution in [0.25, 0.3) is 16.7 Å². The lowest BCUT2D eigenvalue weighted by atomic mass is 9.92. The monoisotopic (exact) mass is 383 g/mol. The van der Waals surface area contributed by atoms with Crippen molar-refractivity contribution in [1.82, 2.24) is 19.1 Å². The van der Waals surface area contributed by atoms with Crippen LogP contribution in [0, 0.1) is 0 Å². The number of hydrogen-bond donors (Lipinski definition) is 1. The van der Waals surface area contributed by atoms with E-state index in [9.17, 15) is 4.79 Å². The van der Waals surface area contributed by atoms with Crippen molar-refractivity contribution in [1.29, 1.82) is 0 Å². The second kappa shape index (κ2) is 8.12. The summed E-state index contributed by atoms with van der Waals surface area (Å²) in [6.45, 7) is 1.25. The molecule has 148 valence electrons. The molecule has 1 aliphatic carbocycles. The molecule has 4 rings (SSSR count). The van der Waals surface area contributed by atoms with E-state index in [2.05, 4.69) is 14.5 Å². The number of methoxy groups -OCH3 is 1. The Hall–Kier alpha value is -2.71. The topological polar surface area (TPSA) is 97.2 Å². The molecule has 2 N–H and O–H groups in total. The quantitative estimate of drug-likeness (QED) is 0.632. The lowest BCUT2D eigenvalue weighted by molar-refractivity contribution is -0.00620. The maximum absolute atomic E-state index is 12.2. The number of nitrogens with two attached hydrogens (primary N) is 1. The van der Waals surface area contributed by atoms with Crippen LogP contribution in [0.2, 0.25) is 0 Å². The third-order valence-corrected chi connectivity index (χ3v) is 5.36. The molecule has 0 atom stereocenters. The lowest BCUT2D eigenvalue weighted by Crippen LogP contribution is -2.25. The molecule has 0 unspecified atom stereocenters. The van der Waals surface area contributed by atoms with E-state index in [1.165, 1.54) is 0 Å². The van der Waals surface area contributed by atoms with Crippen LogP contribution < -0.4 is 5.73 Å². The third kappa shape index (κ3) is 3.65. The summed E-state index contributed by atoms with van der Waals surface area (Å²) < 4.78 is 14.8. The second-order valence-corrected chi connectivity index (χ2v) is 7.12. The zero-order chi connectivity index (χ0) is 19.5. The molecular weight excluding hydrogens is 358 g/mol. The van der Waals surface area contributed by atoms with Crippen molar-refractivity contribution in [3.05, 3.63) is 42.7 Å². The van der Waals surface area contributed by atoms with E-state index in [-0.39, 0.29) is 6.10 Å². The van der Waals surface area contributed by atoms with Gasteiger partial charge in [-0.3, -0.25) is 9.36 Å². The fourth-order valence-corrected chi connectivity index (χ4v) is 3.97. The first-order chi connectivity index (χ1) is 13.7.